The monoisotopic (exact) mass is 251 g/mol. The quantitative estimate of drug-likeness (QED) is 0.808. The van der Waals surface area contributed by atoms with Gasteiger partial charge in [0.15, 0.2) is 5.16 Å². The summed E-state index contributed by atoms with van der Waals surface area (Å²) in [4.78, 5) is 0. The molecule has 0 atom stereocenters. The number of nitrogens with two attached hydrogens (primary N) is 1. The van der Waals surface area contributed by atoms with Crippen molar-refractivity contribution >= 4 is 11.8 Å². The first-order valence-corrected chi connectivity index (χ1v) is 6.53. The minimum absolute atomic E-state index is 0.437. The lowest BCUT2D eigenvalue weighted by Crippen LogP contribution is -2.07. The first-order chi connectivity index (χ1) is 8.38. The topological polar surface area (TPSA) is 82.8 Å². The van der Waals surface area contributed by atoms with Gasteiger partial charge in [0.05, 0.1) is 18.5 Å². The van der Waals surface area contributed by atoms with Gasteiger partial charge in [-0.15, -0.1) is 10.2 Å². The van der Waals surface area contributed by atoms with Gasteiger partial charge in [0, 0.05) is 12.1 Å². The Morgan fingerprint density at radius 3 is 3.00 bits per heavy atom. The highest BCUT2D eigenvalue weighted by Crippen LogP contribution is 2.39. The molecule has 7 heteroatoms. The lowest BCUT2D eigenvalue weighted by atomic mass is 10.5. The van der Waals surface area contributed by atoms with Crippen LogP contribution in [0.1, 0.15) is 30.5 Å². The maximum absolute atomic E-state index is 5.66. The smallest absolute Gasteiger partial charge is 0.191 e. The van der Waals surface area contributed by atoms with Gasteiger partial charge >= 0.3 is 0 Å². The van der Waals surface area contributed by atoms with Gasteiger partial charge in [-0.2, -0.15) is 0 Å². The van der Waals surface area contributed by atoms with Crippen molar-refractivity contribution in [1.82, 2.24) is 19.9 Å². The van der Waals surface area contributed by atoms with E-state index in [0.717, 1.165) is 22.5 Å². The molecule has 0 radical (unpaired) electrons. The van der Waals surface area contributed by atoms with Gasteiger partial charge in [0.2, 0.25) is 0 Å². The average Bonchev–Trinajstić information content (AvgIpc) is 2.92. The summed E-state index contributed by atoms with van der Waals surface area (Å²) in [6, 6.07) is 2.40. The van der Waals surface area contributed by atoms with E-state index in [4.69, 9.17) is 10.3 Å². The van der Waals surface area contributed by atoms with Crippen molar-refractivity contribution in [3.05, 3.63) is 23.8 Å². The minimum atomic E-state index is 0.437. The van der Waals surface area contributed by atoms with Crippen LogP contribution >= 0.6 is 11.8 Å². The first-order valence-electron chi connectivity index (χ1n) is 5.54. The molecule has 0 aliphatic heterocycles. The van der Waals surface area contributed by atoms with E-state index in [9.17, 15) is 0 Å². The van der Waals surface area contributed by atoms with E-state index >= 15 is 0 Å². The molecule has 2 heterocycles. The second-order valence-corrected chi connectivity index (χ2v) is 4.91. The molecule has 0 bridgehead atoms. The molecule has 1 aliphatic rings. The summed E-state index contributed by atoms with van der Waals surface area (Å²) in [7, 11) is 0. The second-order valence-electron chi connectivity index (χ2n) is 3.97. The number of rotatable bonds is 5. The van der Waals surface area contributed by atoms with E-state index in [-0.39, 0.29) is 0 Å². The molecule has 1 fully saturated rings. The zero-order valence-corrected chi connectivity index (χ0v) is 10.1. The van der Waals surface area contributed by atoms with Crippen LogP contribution in [0.25, 0.3) is 0 Å². The van der Waals surface area contributed by atoms with Crippen LogP contribution in [0, 0.1) is 0 Å². The van der Waals surface area contributed by atoms with E-state index in [1.165, 1.54) is 12.8 Å². The van der Waals surface area contributed by atoms with Crippen molar-refractivity contribution in [3.8, 4) is 0 Å². The van der Waals surface area contributed by atoms with E-state index in [1.807, 2.05) is 6.07 Å². The molecular formula is C10H13N5OS. The van der Waals surface area contributed by atoms with E-state index in [2.05, 4.69) is 19.9 Å². The average molecular weight is 251 g/mol. The first kappa shape index (κ1) is 10.8. The SMILES string of the molecule is NCc1nnc(SCc2ccno2)n1C1CC1. The van der Waals surface area contributed by atoms with Gasteiger partial charge in [-0.3, -0.25) is 0 Å². The molecule has 1 aliphatic carbocycles. The summed E-state index contributed by atoms with van der Waals surface area (Å²) in [5, 5.41) is 12.9. The molecule has 1 saturated carbocycles. The molecule has 0 amide bonds. The van der Waals surface area contributed by atoms with Crippen molar-refractivity contribution in [2.75, 3.05) is 0 Å². The molecule has 17 heavy (non-hydrogen) atoms. The van der Waals surface area contributed by atoms with Crippen LogP contribution < -0.4 is 5.73 Å². The number of thioether (sulfide) groups is 1. The Labute approximate surface area is 103 Å². The Balaban J connectivity index is 1.76. The molecule has 0 saturated heterocycles. The zero-order valence-electron chi connectivity index (χ0n) is 9.24. The van der Waals surface area contributed by atoms with E-state index < -0.39 is 0 Å². The van der Waals surface area contributed by atoms with Crippen LogP contribution in [0.3, 0.4) is 0 Å². The predicted octanol–water partition coefficient (Wildman–Crippen LogP) is 1.35. The Hall–Kier alpha value is -1.34. The standard InChI is InChI=1S/C10H13N5OS/c11-5-9-13-14-10(15(9)7-1-2-7)17-6-8-3-4-12-16-8/h3-4,7H,1-2,5-6,11H2. The molecule has 2 aromatic rings. The third kappa shape index (κ3) is 2.20. The summed E-state index contributed by atoms with van der Waals surface area (Å²) in [5.41, 5.74) is 5.66. The molecule has 2 aromatic heterocycles. The van der Waals surface area contributed by atoms with Crippen molar-refractivity contribution in [2.24, 2.45) is 5.73 Å². The zero-order chi connectivity index (χ0) is 11.7. The third-order valence-electron chi connectivity index (χ3n) is 2.66. The molecule has 0 spiro atoms. The van der Waals surface area contributed by atoms with Crippen molar-refractivity contribution in [2.45, 2.75) is 36.3 Å². The summed E-state index contributed by atoms with van der Waals surface area (Å²) in [6.45, 7) is 0.437. The van der Waals surface area contributed by atoms with Gasteiger partial charge < -0.3 is 14.8 Å². The molecule has 2 N–H and O–H groups in total. The Morgan fingerprint density at radius 1 is 1.47 bits per heavy atom. The van der Waals surface area contributed by atoms with Crippen LogP contribution in [0.15, 0.2) is 21.9 Å². The second kappa shape index (κ2) is 4.50. The van der Waals surface area contributed by atoms with Crippen molar-refractivity contribution < 1.29 is 4.52 Å². The fourth-order valence-corrected chi connectivity index (χ4v) is 2.61. The normalized spacial score (nSPS) is 15.4. The molecule has 3 rings (SSSR count). The van der Waals surface area contributed by atoms with Gasteiger partial charge in [0.1, 0.15) is 11.6 Å². The van der Waals surface area contributed by atoms with Gasteiger partial charge in [-0.05, 0) is 12.8 Å². The lowest BCUT2D eigenvalue weighted by molar-refractivity contribution is 0.395. The number of nitrogens with zero attached hydrogens (tertiary/aromatic N) is 4. The van der Waals surface area contributed by atoms with Crippen molar-refractivity contribution in [1.29, 1.82) is 0 Å². The Morgan fingerprint density at radius 2 is 2.35 bits per heavy atom. The maximum Gasteiger partial charge on any atom is 0.191 e. The molecule has 6 nitrogen and oxygen atoms in total. The minimum Gasteiger partial charge on any atom is -0.361 e. The van der Waals surface area contributed by atoms with Gasteiger partial charge in [-0.25, -0.2) is 0 Å². The highest BCUT2D eigenvalue weighted by molar-refractivity contribution is 7.98. The van der Waals surface area contributed by atoms with Crippen LogP contribution in [0.5, 0.6) is 0 Å². The largest absolute Gasteiger partial charge is 0.361 e. The summed E-state index contributed by atoms with van der Waals surface area (Å²) < 4.78 is 7.21. The fourth-order valence-electron chi connectivity index (χ4n) is 1.70. The van der Waals surface area contributed by atoms with Gasteiger partial charge in [0.25, 0.3) is 0 Å². The predicted molar refractivity (Wildman–Crippen MR) is 62.2 cm³/mol. The Bertz CT molecular complexity index is 491. The van der Waals surface area contributed by atoms with Crippen LogP contribution in [0.2, 0.25) is 0 Å². The number of aromatic nitrogens is 4. The summed E-state index contributed by atoms with van der Waals surface area (Å²) in [6.07, 6.45) is 4.04. The maximum atomic E-state index is 5.66. The molecule has 90 valence electrons. The van der Waals surface area contributed by atoms with Gasteiger partial charge in [-0.1, -0.05) is 16.9 Å². The highest BCUT2D eigenvalue weighted by atomic mass is 32.2. The van der Waals surface area contributed by atoms with E-state index in [0.29, 0.717) is 12.6 Å². The third-order valence-corrected chi connectivity index (χ3v) is 3.63. The van der Waals surface area contributed by atoms with Crippen LogP contribution in [0.4, 0.5) is 0 Å². The highest BCUT2D eigenvalue weighted by Gasteiger charge is 2.29. The molecular weight excluding hydrogens is 238 g/mol. The summed E-state index contributed by atoms with van der Waals surface area (Å²) in [5.74, 6) is 2.43. The van der Waals surface area contributed by atoms with Crippen LogP contribution in [-0.2, 0) is 12.3 Å². The lowest BCUT2D eigenvalue weighted by Gasteiger charge is -2.06. The fraction of sp³-hybridized carbons (Fsp3) is 0.500. The molecule has 0 aromatic carbocycles. The van der Waals surface area contributed by atoms with Crippen molar-refractivity contribution in [3.63, 3.8) is 0 Å². The Kier molecular flexibility index (Phi) is 2.86. The number of hydrogen-bond acceptors (Lipinski definition) is 6. The number of hydrogen-bond donors (Lipinski definition) is 1. The van der Waals surface area contributed by atoms with Crippen LogP contribution in [-0.4, -0.2) is 19.9 Å². The summed E-state index contributed by atoms with van der Waals surface area (Å²) >= 11 is 1.61. The molecule has 0 unspecified atom stereocenters. The van der Waals surface area contributed by atoms with E-state index in [1.54, 1.807) is 18.0 Å².